The first kappa shape index (κ1) is 19.0. The number of para-hydroxylation sites is 2. The number of hydrogen-bond donors (Lipinski definition) is 0. The highest BCUT2D eigenvalue weighted by molar-refractivity contribution is 7.99. The van der Waals surface area contributed by atoms with Crippen LogP contribution in [0.25, 0.3) is 11.0 Å². The zero-order valence-electron chi connectivity index (χ0n) is 16.3. The van der Waals surface area contributed by atoms with E-state index < -0.39 is 0 Å². The number of hydrogen-bond acceptors (Lipinski definition) is 4. The van der Waals surface area contributed by atoms with Crippen LogP contribution in [0.3, 0.4) is 0 Å². The van der Waals surface area contributed by atoms with E-state index in [0.717, 1.165) is 48.5 Å². The molecule has 1 atom stereocenters. The quantitative estimate of drug-likeness (QED) is 0.589. The van der Waals surface area contributed by atoms with Crippen LogP contribution in [-0.4, -0.2) is 37.6 Å². The number of aromatic nitrogens is 3. The number of pyridine rings is 1. The van der Waals surface area contributed by atoms with Crippen molar-refractivity contribution in [2.24, 2.45) is 0 Å². The fourth-order valence-electron chi connectivity index (χ4n) is 4.02. The Morgan fingerprint density at radius 2 is 1.96 bits per heavy atom. The maximum atomic E-state index is 13.2. The first-order chi connectivity index (χ1) is 13.8. The minimum atomic E-state index is 0.156. The van der Waals surface area contributed by atoms with Crippen LogP contribution in [0.4, 0.5) is 0 Å². The Kier molecular flexibility index (Phi) is 5.95. The molecule has 1 amide bonds. The second kappa shape index (κ2) is 8.78. The van der Waals surface area contributed by atoms with Crippen molar-refractivity contribution in [2.45, 2.75) is 50.4 Å². The van der Waals surface area contributed by atoms with Crippen molar-refractivity contribution in [3.63, 3.8) is 0 Å². The first-order valence-electron chi connectivity index (χ1n) is 10.1. The van der Waals surface area contributed by atoms with Gasteiger partial charge in [0.2, 0.25) is 5.91 Å². The molecule has 6 heteroatoms. The third-order valence-electron chi connectivity index (χ3n) is 5.42. The summed E-state index contributed by atoms with van der Waals surface area (Å²) < 4.78 is 2.19. The molecule has 3 aromatic rings. The summed E-state index contributed by atoms with van der Waals surface area (Å²) in [5, 5.41) is 0.923. The van der Waals surface area contributed by atoms with Gasteiger partial charge in [-0.05, 0) is 49.6 Å². The molecule has 0 aliphatic carbocycles. The van der Waals surface area contributed by atoms with Crippen LogP contribution < -0.4 is 0 Å². The molecular formula is C22H26N4OS. The molecule has 4 rings (SSSR count). The van der Waals surface area contributed by atoms with Gasteiger partial charge in [0.1, 0.15) is 0 Å². The molecular weight excluding hydrogens is 368 g/mol. The van der Waals surface area contributed by atoms with Crippen molar-refractivity contribution in [1.82, 2.24) is 19.4 Å². The van der Waals surface area contributed by atoms with Crippen molar-refractivity contribution in [3.05, 3.63) is 54.4 Å². The molecule has 1 aliphatic heterocycles. The van der Waals surface area contributed by atoms with Gasteiger partial charge < -0.3 is 9.47 Å². The van der Waals surface area contributed by atoms with Crippen LogP contribution in [0, 0.1) is 0 Å². The molecule has 1 unspecified atom stereocenters. The standard InChI is InChI=1S/C22H26N4OS/c1-2-25-20-10-6-5-8-18(20)24-22(25)28-16-21(27)26-15-7-3-4-9-19(26)17-11-13-23-14-12-17/h5-6,8,10-14,19H,2-4,7,9,15-16H2,1H3. The zero-order chi connectivity index (χ0) is 19.3. The minimum absolute atomic E-state index is 0.156. The lowest BCUT2D eigenvalue weighted by molar-refractivity contribution is -0.130. The summed E-state index contributed by atoms with van der Waals surface area (Å²) in [6, 6.07) is 12.4. The molecule has 0 radical (unpaired) electrons. The summed E-state index contributed by atoms with van der Waals surface area (Å²) in [5.41, 5.74) is 3.31. The van der Waals surface area contributed by atoms with Gasteiger partial charge in [0.15, 0.2) is 5.16 Å². The molecule has 1 saturated heterocycles. The summed E-state index contributed by atoms with van der Waals surface area (Å²) in [6.45, 7) is 3.80. The van der Waals surface area contributed by atoms with Gasteiger partial charge in [-0.1, -0.05) is 36.7 Å². The highest BCUT2D eigenvalue weighted by Crippen LogP contribution is 2.31. The van der Waals surface area contributed by atoms with E-state index in [9.17, 15) is 4.79 Å². The van der Waals surface area contributed by atoms with Crippen LogP contribution in [0.1, 0.15) is 44.2 Å². The van der Waals surface area contributed by atoms with Crippen LogP contribution in [0.15, 0.2) is 53.9 Å². The molecule has 1 aromatic carbocycles. The SMILES string of the molecule is CCn1c(SCC(=O)N2CCCCCC2c2ccncc2)nc2ccccc21. The van der Waals surface area contributed by atoms with E-state index in [1.165, 1.54) is 12.0 Å². The van der Waals surface area contributed by atoms with Crippen molar-refractivity contribution in [1.29, 1.82) is 0 Å². The van der Waals surface area contributed by atoms with E-state index in [4.69, 9.17) is 4.98 Å². The van der Waals surface area contributed by atoms with Gasteiger partial charge in [0.05, 0.1) is 22.8 Å². The summed E-state index contributed by atoms with van der Waals surface area (Å²) >= 11 is 1.55. The Bertz CT molecular complexity index is 940. The second-order valence-corrected chi connectivity index (χ2v) is 8.09. The van der Waals surface area contributed by atoms with Crippen molar-refractivity contribution >= 4 is 28.7 Å². The first-order valence-corrected chi connectivity index (χ1v) is 11.0. The van der Waals surface area contributed by atoms with E-state index in [2.05, 4.69) is 27.4 Å². The van der Waals surface area contributed by atoms with E-state index in [0.29, 0.717) is 5.75 Å². The number of likely N-dealkylation sites (tertiary alicyclic amines) is 1. The van der Waals surface area contributed by atoms with Crippen molar-refractivity contribution < 1.29 is 4.79 Å². The number of rotatable bonds is 5. The number of benzene rings is 1. The molecule has 1 fully saturated rings. The van der Waals surface area contributed by atoms with E-state index in [1.54, 1.807) is 11.8 Å². The molecule has 146 valence electrons. The number of carbonyl (C=O) groups excluding carboxylic acids is 1. The molecule has 5 nitrogen and oxygen atoms in total. The van der Waals surface area contributed by atoms with Crippen molar-refractivity contribution in [2.75, 3.05) is 12.3 Å². The smallest absolute Gasteiger partial charge is 0.233 e. The third-order valence-corrected chi connectivity index (χ3v) is 6.39. The monoisotopic (exact) mass is 394 g/mol. The van der Waals surface area contributed by atoms with Gasteiger partial charge in [-0.15, -0.1) is 0 Å². The number of fused-ring (bicyclic) bond motifs is 1. The maximum absolute atomic E-state index is 13.2. The van der Waals surface area contributed by atoms with Gasteiger partial charge in [0, 0.05) is 25.5 Å². The molecule has 28 heavy (non-hydrogen) atoms. The molecule has 0 spiro atoms. The Labute approximate surface area is 170 Å². The van der Waals surface area contributed by atoms with Crippen molar-refractivity contribution in [3.8, 4) is 0 Å². The largest absolute Gasteiger partial charge is 0.335 e. The molecule has 1 aliphatic rings. The average Bonchev–Trinajstić information content (AvgIpc) is 2.91. The molecule has 0 N–H and O–H groups in total. The second-order valence-electron chi connectivity index (χ2n) is 7.15. The summed E-state index contributed by atoms with van der Waals surface area (Å²) in [6.07, 6.45) is 8.08. The van der Waals surface area contributed by atoms with Gasteiger partial charge in [-0.25, -0.2) is 4.98 Å². The van der Waals surface area contributed by atoms with Gasteiger partial charge in [0.25, 0.3) is 0 Å². The highest BCUT2D eigenvalue weighted by atomic mass is 32.2. The highest BCUT2D eigenvalue weighted by Gasteiger charge is 2.27. The Morgan fingerprint density at radius 1 is 1.14 bits per heavy atom. The lowest BCUT2D eigenvalue weighted by Crippen LogP contribution is -2.36. The molecule has 2 aromatic heterocycles. The predicted molar refractivity (Wildman–Crippen MR) is 113 cm³/mol. The zero-order valence-corrected chi connectivity index (χ0v) is 17.1. The Balaban J connectivity index is 1.52. The molecule has 0 bridgehead atoms. The topological polar surface area (TPSA) is 51.0 Å². The lowest BCUT2D eigenvalue weighted by Gasteiger charge is -2.30. The average molecular weight is 395 g/mol. The lowest BCUT2D eigenvalue weighted by atomic mass is 10.0. The van der Waals surface area contributed by atoms with Gasteiger partial charge in [-0.3, -0.25) is 9.78 Å². The number of aryl methyl sites for hydroxylation is 1. The Hall–Kier alpha value is -2.34. The number of thioether (sulfide) groups is 1. The van der Waals surface area contributed by atoms with E-state index >= 15 is 0 Å². The third kappa shape index (κ3) is 3.92. The fraction of sp³-hybridized carbons (Fsp3) is 0.409. The number of imidazole rings is 1. The number of amides is 1. The fourth-order valence-corrected chi connectivity index (χ4v) is 4.98. The predicted octanol–water partition coefficient (Wildman–Crippen LogP) is 4.69. The van der Waals surface area contributed by atoms with Gasteiger partial charge in [-0.2, -0.15) is 0 Å². The summed E-state index contributed by atoms with van der Waals surface area (Å²) in [5.74, 6) is 0.619. The maximum Gasteiger partial charge on any atom is 0.233 e. The summed E-state index contributed by atoms with van der Waals surface area (Å²) in [4.78, 5) is 24.1. The van der Waals surface area contributed by atoms with E-state index in [-0.39, 0.29) is 11.9 Å². The molecule has 0 saturated carbocycles. The molecule has 3 heterocycles. The Morgan fingerprint density at radius 3 is 2.79 bits per heavy atom. The van der Waals surface area contributed by atoms with E-state index in [1.807, 2.05) is 42.7 Å². The summed E-state index contributed by atoms with van der Waals surface area (Å²) in [7, 11) is 0. The van der Waals surface area contributed by atoms with Gasteiger partial charge >= 0.3 is 0 Å². The van der Waals surface area contributed by atoms with Crippen LogP contribution in [-0.2, 0) is 11.3 Å². The van der Waals surface area contributed by atoms with Crippen LogP contribution in [0.2, 0.25) is 0 Å². The van der Waals surface area contributed by atoms with Crippen LogP contribution in [0.5, 0.6) is 0 Å². The number of nitrogens with zero attached hydrogens (tertiary/aromatic N) is 4. The number of carbonyl (C=O) groups is 1. The normalized spacial score (nSPS) is 17.6. The van der Waals surface area contributed by atoms with Crippen LogP contribution >= 0.6 is 11.8 Å². The minimum Gasteiger partial charge on any atom is -0.335 e.